The Hall–Kier alpha value is -3.72. The van der Waals surface area contributed by atoms with Crippen LogP contribution in [0.25, 0.3) is 5.76 Å². The molecule has 1 saturated heterocycles. The van der Waals surface area contributed by atoms with E-state index in [0.29, 0.717) is 22.8 Å². The lowest BCUT2D eigenvalue weighted by Crippen LogP contribution is -2.29. The molecule has 1 fully saturated rings. The number of amides is 1. The number of hydrogen-bond acceptors (Lipinski definition) is 8. The minimum Gasteiger partial charge on any atom is -0.507 e. The molecule has 1 aromatic carbocycles. The number of benzene rings is 1. The van der Waals surface area contributed by atoms with E-state index >= 15 is 0 Å². The first-order valence-corrected chi connectivity index (χ1v) is 11.0. The van der Waals surface area contributed by atoms with Crippen molar-refractivity contribution >= 4 is 39.9 Å². The number of anilines is 1. The lowest BCUT2D eigenvalue weighted by atomic mass is 9.96. The van der Waals surface area contributed by atoms with Crippen molar-refractivity contribution < 1.29 is 28.6 Å². The fraction of sp³-hybridized carbons (Fsp3) is 0.250. The highest BCUT2D eigenvalue weighted by Gasteiger charge is 2.50. The number of ether oxygens (including phenoxy) is 1. The SMILES string of the molecule is COC(=O)c1sc(N2C(=O)C(=O)C(=C(O)c3cc(C)ccc3C)C2c2ccc(C)o2)nc1C. The largest absolute Gasteiger partial charge is 0.507 e. The van der Waals surface area contributed by atoms with Crippen molar-refractivity contribution in [2.45, 2.75) is 33.7 Å². The first kappa shape index (κ1) is 22.5. The molecule has 0 spiro atoms. The summed E-state index contributed by atoms with van der Waals surface area (Å²) in [6.07, 6.45) is 0. The minimum absolute atomic E-state index is 0.101. The maximum absolute atomic E-state index is 13.2. The Morgan fingerprint density at radius 3 is 2.52 bits per heavy atom. The number of thiazole rings is 1. The Morgan fingerprint density at radius 2 is 1.88 bits per heavy atom. The number of carbonyl (C=O) groups excluding carboxylic acids is 3. The molecular formula is C24H22N2O6S. The molecule has 1 N–H and O–H groups in total. The van der Waals surface area contributed by atoms with E-state index in [4.69, 9.17) is 9.15 Å². The third kappa shape index (κ3) is 3.74. The van der Waals surface area contributed by atoms with Crippen LogP contribution in [0, 0.1) is 27.7 Å². The zero-order valence-corrected chi connectivity index (χ0v) is 19.6. The van der Waals surface area contributed by atoms with Gasteiger partial charge in [0.1, 0.15) is 28.2 Å². The Morgan fingerprint density at radius 1 is 1.15 bits per heavy atom. The lowest BCUT2D eigenvalue weighted by Gasteiger charge is -2.21. The van der Waals surface area contributed by atoms with Gasteiger partial charge in [0.25, 0.3) is 5.78 Å². The standard InChI is InChI=1S/C24H22N2O6S/c1-11-6-7-12(2)15(10-11)19(27)17-18(16-9-8-13(3)32-16)26(22(29)20(17)28)24-25-14(4)21(33-24)23(30)31-5/h6-10,18,27H,1-5H3. The molecule has 4 rings (SSSR count). The third-order valence-corrected chi connectivity index (χ3v) is 6.62. The monoisotopic (exact) mass is 466 g/mol. The van der Waals surface area contributed by atoms with Crippen LogP contribution in [0.4, 0.5) is 5.13 Å². The molecule has 1 aliphatic rings. The second-order valence-corrected chi connectivity index (χ2v) is 8.82. The van der Waals surface area contributed by atoms with E-state index in [2.05, 4.69) is 4.98 Å². The highest BCUT2D eigenvalue weighted by Crippen LogP contribution is 2.44. The first-order chi connectivity index (χ1) is 15.6. The van der Waals surface area contributed by atoms with Gasteiger partial charge in [-0.05, 0) is 51.5 Å². The molecule has 1 atom stereocenters. The van der Waals surface area contributed by atoms with Crippen LogP contribution in [-0.4, -0.2) is 34.9 Å². The molecule has 0 bridgehead atoms. The van der Waals surface area contributed by atoms with Gasteiger partial charge in [-0.3, -0.25) is 14.5 Å². The number of aliphatic hydroxyl groups is 1. The van der Waals surface area contributed by atoms with Gasteiger partial charge in [0, 0.05) is 5.56 Å². The summed E-state index contributed by atoms with van der Waals surface area (Å²) in [6.45, 7) is 7.03. The van der Waals surface area contributed by atoms with Crippen LogP contribution in [0.3, 0.4) is 0 Å². The van der Waals surface area contributed by atoms with Crippen molar-refractivity contribution in [3.63, 3.8) is 0 Å². The van der Waals surface area contributed by atoms with Crippen molar-refractivity contribution in [1.29, 1.82) is 0 Å². The highest BCUT2D eigenvalue weighted by atomic mass is 32.1. The lowest BCUT2D eigenvalue weighted by molar-refractivity contribution is -0.132. The van der Waals surface area contributed by atoms with Gasteiger partial charge in [-0.15, -0.1) is 0 Å². The topological polar surface area (TPSA) is 110 Å². The second-order valence-electron chi connectivity index (χ2n) is 7.84. The fourth-order valence-corrected chi connectivity index (χ4v) is 4.81. The number of nitrogens with zero attached hydrogens (tertiary/aromatic N) is 2. The Kier molecular flexibility index (Phi) is 5.67. The number of hydrogen-bond donors (Lipinski definition) is 1. The number of aliphatic hydroxyl groups excluding tert-OH is 1. The Labute approximate surface area is 194 Å². The summed E-state index contributed by atoms with van der Waals surface area (Å²) in [6, 6.07) is 7.79. The number of carbonyl (C=O) groups is 3. The van der Waals surface area contributed by atoms with Gasteiger partial charge in [-0.1, -0.05) is 29.0 Å². The molecule has 1 amide bonds. The second kappa shape index (κ2) is 8.32. The van der Waals surface area contributed by atoms with E-state index in [9.17, 15) is 19.5 Å². The number of ketones is 1. The van der Waals surface area contributed by atoms with Gasteiger partial charge in [-0.2, -0.15) is 0 Å². The quantitative estimate of drug-likeness (QED) is 0.263. The van der Waals surface area contributed by atoms with Gasteiger partial charge in [0.05, 0.1) is 18.4 Å². The zero-order valence-electron chi connectivity index (χ0n) is 18.8. The maximum atomic E-state index is 13.2. The summed E-state index contributed by atoms with van der Waals surface area (Å²) in [5.41, 5.74) is 2.35. The minimum atomic E-state index is -1.05. The smallest absolute Gasteiger partial charge is 0.350 e. The molecule has 8 nitrogen and oxygen atoms in total. The van der Waals surface area contributed by atoms with E-state index in [0.717, 1.165) is 22.5 Å². The molecule has 3 heterocycles. The van der Waals surface area contributed by atoms with Crippen LogP contribution in [0.2, 0.25) is 0 Å². The van der Waals surface area contributed by atoms with Crippen molar-refractivity contribution in [3.05, 3.63) is 74.7 Å². The summed E-state index contributed by atoms with van der Waals surface area (Å²) in [5, 5.41) is 11.4. The maximum Gasteiger partial charge on any atom is 0.350 e. The molecule has 3 aromatic rings. The molecule has 0 aliphatic carbocycles. The molecular weight excluding hydrogens is 444 g/mol. The normalized spacial score (nSPS) is 17.6. The first-order valence-electron chi connectivity index (χ1n) is 10.1. The van der Waals surface area contributed by atoms with Gasteiger partial charge in [0.15, 0.2) is 5.13 Å². The van der Waals surface area contributed by atoms with E-state index in [1.807, 2.05) is 26.0 Å². The highest BCUT2D eigenvalue weighted by molar-refractivity contribution is 7.17. The predicted octanol–water partition coefficient (Wildman–Crippen LogP) is 4.38. The summed E-state index contributed by atoms with van der Waals surface area (Å²) in [4.78, 5) is 44.2. The summed E-state index contributed by atoms with van der Waals surface area (Å²) in [5.74, 6) is -1.74. The number of methoxy groups -OCH3 is 1. The van der Waals surface area contributed by atoms with Gasteiger partial charge < -0.3 is 14.3 Å². The van der Waals surface area contributed by atoms with Gasteiger partial charge in [-0.25, -0.2) is 9.78 Å². The fourth-order valence-electron chi connectivity index (χ4n) is 3.80. The van der Waals surface area contributed by atoms with E-state index in [1.54, 1.807) is 32.0 Å². The summed E-state index contributed by atoms with van der Waals surface area (Å²) < 4.78 is 10.6. The Balaban J connectivity index is 1.95. The summed E-state index contributed by atoms with van der Waals surface area (Å²) in [7, 11) is 1.25. The van der Waals surface area contributed by atoms with Crippen molar-refractivity contribution in [2.75, 3.05) is 12.0 Å². The van der Waals surface area contributed by atoms with Crippen LogP contribution in [-0.2, 0) is 14.3 Å². The zero-order chi connectivity index (χ0) is 24.0. The molecule has 1 unspecified atom stereocenters. The van der Waals surface area contributed by atoms with Crippen molar-refractivity contribution in [3.8, 4) is 0 Å². The number of aromatic nitrogens is 1. The van der Waals surface area contributed by atoms with Crippen LogP contribution in [0.5, 0.6) is 0 Å². The van der Waals surface area contributed by atoms with Gasteiger partial charge in [0.2, 0.25) is 0 Å². The van der Waals surface area contributed by atoms with Crippen LogP contribution in [0.15, 0.2) is 40.3 Å². The third-order valence-electron chi connectivity index (χ3n) is 5.49. The van der Waals surface area contributed by atoms with Gasteiger partial charge >= 0.3 is 11.9 Å². The van der Waals surface area contributed by atoms with E-state index in [1.165, 1.54) is 12.0 Å². The number of esters is 1. The average molecular weight is 467 g/mol. The van der Waals surface area contributed by atoms with Crippen LogP contribution < -0.4 is 4.90 Å². The van der Waals surface area contributed by atoms with Crippen LogP contribution in [0.1, 0.15) is 49.6 Å². The molecule has 170 valence electrons. The number of rotatable bonds is 4. The molecule has 0 radical (unpaired) electrons. The summed E-state index contributed by atoms with van der Waals surface area (Å²) >= 11 is 0.937. The molecule has 1 aliphatic heterocycles. The molecule has 0 saturated carbocycles. The average Bonchev–Trinajstić information content (AvgIpc) is 3.45. The number of furan rings is 1. The Bertz CT molecular complexity index is 1330. The number of aryl methyl sites for hydroxylation is 4. The molecule has 9 heteroatoms. The van der Waals surface area contributed by atoms with Crippen molar-refractivity contribution in [1.82, 2.24) is 4.98 Å². The molecule has 33 heavy (non-hydrogen) atoms. The number of Topliss-reactive ketones (excluding diaryl/α,β-unsaturated/α-hetero) is 1. The predicted molar refractivity (Wildman–Crippen MR) is 122 cm³/mol. The van der Waals surface area contributed by atoms with E-state index in [-0.39, 0.29) is 21.3 Å². The molecule has 2 aromatic heterocycles. The van der Waals surface area contributed by atoms with E-state index < -0.39 is 23.7 Å². The van der Waals surface area contributed by atoms with Crippen LogP contribution >= 0.6 is 11.3 Å². The van der Waals surface area contributed by atoms with Crippen molar-refractivity contribution in [2.24, 2.45) is 0 Å².